The number of aryl methyl sites for hydroxylation is 1. The Kier molecular flexibility index (Phi) is 9.70. The monoisotopic (exact) mass is 627 g/mol. The van der Waals surface area contributed by atoms with Crippen LogP contribution in [-0.4, -0.2) is 44.4 Å². The maximum atomic E-state index is 13.7. The number of halogens is 1. The van der Waals surface area contributed by atoms with Gasteiger partial charge in [0.05, 0.1) is 28.8 Å². The number of rotatable bonds is 10. The summed E-state index contributed by atoms with van der Waals surface area (Å²) in [5, 5.41) is 16.5. The van der Waals surface area contributed by atoms with Gasteiger partial charge in [0.2, 0.25) is 5.91 Å². The molecule has 0 saturated carbocycles. The molecule has 3 heterocycles. The van der Waals surface area contributed by atoms with Crippen LogP contribution in [0, 0.1) is 5.82 Å². The van der Waals surface area contributed by atoms with Crippen LogP contribution in [0.25, 0.3) is 5.69 Å². The first-order valence-corrected chi connectivity index (χ1v) is 16.2. The van der Waals surface area contributed by atoms with E-state index in [4.69, 9.17) is 4.74 Å². The lowest BCUT2D eigenvalue weighted by Gasteiger charge is -2.14. The molecule has 1 aliphatic rings. The molecule has 1 atom stereocenters. The van der Waals surface area contributed by atoms with E-state index < -0.39 is 17.0 Å². The zero-order valence-corrected chi connectivity index (χ0v) is 25.6. The lowest BCUT2D eigenvalue weighted by molar-refractivity contribution is -0.115. The number of carbonyl (C=O) groups excluding carboxylic acids is 3. The molecule has 0 saturated heterocycles. The molecule has 2 amide bonds. The van der Waals surface area contributed by atoms with E-state index in [1.807, 2.05) is 5.38 Å². The van der Waals surface area contributed by atoms with Crippen molar-refractivity contribution in [2.75, 3.05) is 11.9 Å². The van der Waals surface area contributed by atoms with Gasteiger partial charge in [-0.25, -0.2) is 9.18 Å². The van der Waals surface area contributed by atoms with Crippen molar-refractivity contribution < 1.29 is 23.5 Å². The highest BCUT2D eigenvalue weighted by molar-refractivity contribution is 8.00. The van der Waals surface area contributed by atoms with Crippen LogP contribution in [0.3, 0.4) is 0 Å². The standard InChI is InChI=1S/C29H30FN5O4S3/c1-3-39-28(38)24-20-8-5-4-6-9-21(20)42-27(24)32-25(36)17(2)41-29-34-33-23(16-31-26(37)22-10-7-15-40-22)35(29)19-13-11-18(30)12-14-19/h7,10-15,17H,3-6,8-9,16H2,1-2H3,(H,31,37)(H,32,36)/t17-/m0/s1. The quantitative estimate of drug-likeness (QED) is 0.125. The summed E-state index contributed by atoms with van der Waals surface area (Å²) in [5.41, 5.74) is 2.03. The Morgan fingerprint density at radius 1 is 1.12 bits per heavy atom. The second-order valence-electron chi connectivity index (χ2n) is 9.61. The number of esters is 1. The van der Waals surface area contributed by atoms with Crippen molar-refractivity contribution in [1.29, 1.82) is 0 Å². The Labute approximate surface area is 254 Å². The number of nitrogens with one attached hydrogen (secondary N) is 2. The van der Waals surface area contributed by atoms with E-state index in [0.717, 1.165) is 42.5 Å². The fraction of sp³-hybridized carbons (Fsp3) is 0.345. The lowest BCUT2D eigenvalue weighted by Crippen LogP contribution is -2.25. The van der Waals surface area contributed by atoms with Gasteiger partial charge >= 0.3 is 5.97 Å². The van der Waals surface area contributed by atoms with E-state index in [0.29, 0.717) is 32.1 Å². The number of fused-ring (bicyclic) bond motifs is 1. The number of thiophene rings is 2. The Morgan fingerprint density at radius 2 is 1.90 bits per heavy atom. The van der Waals surface area contributed by atoms with E-state index in [1.54, 1.807) is 42.7 Å². The topological polar surface area (TPSA) is 115 Å². The van der Waals surface area contributed by atoms with Crippen molar-refractivity contribution in [3.8, 4) is 5.69 Å². The maximum Gasteiger partial charge on any atom is 0.341 e. The molecule has 5 rings (SSSR count). The van der Waals surface area contributed by atoms with Crippen LogP contribution in [0.2, 0.25) is 0 Å². The average Bonchev–Trinajstić information content (AvgIpc) is 3.69. The Hall–Kier alpha value is -3.55. The van der Waals surface area contributed by atoms with Crippen molar-refractivity contribution in [1.82, 2.24) is 20.1 Å². The van der Waals surface area contributed by atoms with Gasteiger partial charge in [-0.2, -0.15) is 0 Å². The van der Waals surface area contributed by atoms with Crippen molar-refractivity contribution in [3.63, 3.8) is 0 Å². The van der Waals surface area contributed by atoms with Crippen LogP contribution in [0.1, 0.15) is 69.4 Å². The average molecular weight is 628 g/mol. The molecule has 3 aromatic heterocycles. The molecule has 1 aliphatic carbocycles. The van der Waals surface area contributed by atoms with E-state index >= 15 is 0 Å². The zero-order valence-electron chi connectivity index (χ0n) is 23.1. The van der Waals surface area contributed by atoms with Crippen molar-refractivity contribution in [2.45, 2.75) is 62.9 Å². The molecule has 13 heteroatoms. The molecule has 220 valence electrons. The number of ether oxygens (including phenoxy) is 1. The third kappa shape index (κ3) is 6.74. The number of hydrogen-bond donors (Lipinski definition) is 2. The maximum absolute atomic E-state index is 13.7. The SMILES string of the molecule is CCOC(=O)c1c(NC(=O)[C@H](C)Sc2nnc(CNC(=O)c3cccs3)n2-c2ccc(F)cc2)sc2c1CCCCC2. The van der Waals surface area contributed by atoms with Crippen LogP contribution in [-0.2, 0) is 28.9 Å². The van der Waals surface area contributed by atoms with Gasteiger partial charge in [-0.1, -0.05) is 24.2 Å². The highest BCUT2D eigenvalue weighted by Crippen LogP contribution is 2.38. The van der Waals surface area contributed by atoms with Gasteiger partial charge in [0.25, 0.3) is 5.91 Å². The number of carbonyl (C=O) groups is 3. The van der Waals surface area contributed by atoms with E-state index in [-0.39, 0.29) is 25.0 Å². The Bertz CT molecular complexity index is 1570. The number of thioether (sulfide) groups is 1. The summed E-state index contributed by atoms with van der Waals surface area (Å²) in [5.74, 6) is -0.936. The zero-order chi connectivity index (χ0) is 29.6. The van der Waals surface area contributed by atoms with E-state index in [2.05, 4.69) is 20.8 Å². The van der Waals surface area contributed by atoms with Crippen LogP contribution in [0.15, 0.2) is 46.9 Å². The second kappa shape index (κ2) is 13.6. The predicted octanol–water partition coefficient (Wildman–Crippen LogP) is 6.02. The number of hydrogen-bond acceptors (Lipinski definition) is 9. The number of anilines is 1. The minimum Gasteiger partial charge on any atom is -0.462 e. The van der Waals surface area contributed by atoms with Crippen LogP contribution < -0.4 is 10.6 Å². The first-order valence-electron chi connectivity index (χ1n) is 13.7. The van der Waals surface area contributed by atoms with Gasteiger partial charge in [0.15, 0.2) is 11.0 Å². The molecule has 0 unspecified atom stereocenters. The molecule has 0 spiro atoms. The molecule has 1 aromatic carbocycles. The van der Waals surface area contributed by atoms with Gasteiger partial charge in [0, 0.05) is 10.6 Å². The molecule has 4 aromatic rings. The normalized spacial score (nSPS) is 13.6. The number of nitrogens with zero attached hydrogens (tertiary/aromatic N) is 3. The summed E-state index contributed by atoms with van der Waals surface area (Å²) in [6, 6.07) is 9.34. The van der Waals surface area contributed by atoms with Gasteiger partial charge in [-0.15, -0.1) is 32.9 Å². The third-order valence-corrected chi connectivity index (χ3v) is 9.84. The smallest absolute Gasteiger partial charge is 0.341 e. The molecule has 2 N–H and O–H groups in total. The largest absolute Gasteiger partial charge is 0.462 e. The summed E-state index contributed by atoms with van der Waals surface area (Å²) in [4.78, 5) is 40.6. The van der Waals surface area contributed by atoms with E-state index in [9.17, 15) is 18.8 Å². The summed E-state index contributed by atoms with van der Waals surface area (Å²) >= 11 is 3.95. The summed E-state index contributed by atoms with van der Waals surface area (Å²) in [6.07, 6.45) is 4.80. The lowest BCUT2D eigenvalue weighted by atomic mass is 10.1. The minimum absolute atomic E-state index is 0.0753. The second-order valence-corrected chi connectivity index (χ2v) is 13.0. The summed E-state index contributed by atoms with van der Waals surface area (Å²) in [6.45, 7) is 3.83. The molecule has 0 fully saturated rings. The molecule has 0 aliphatic heterocycles. The van der Waals surface area contributed by atoms with Crippen LogP contribution in [0.5, 0.6) is 0 Å². The molecule has 0 bridgehead atoms. The first kappa shape index (κ1) is 29.9. The first-order chi connectivity index (χ1) is 20.4. The van der Waals surface area contributed by atoms with Gasteiger partial charge < -0.3 is 15.4 Å². The molecule has 9 nitrogen and oxygen atoms in total. The predicted molar refractivity (Wildman–Crippen MR) is 162 cm³/mol. The van der Waals surface area contributed by atoms with E-state index in [1.165, 1.54) is 46.6 Å². The van der Waals surface area contributed by atoms with Crippen molar-refractivity contribution in [2.24, 2.45) is 0 Å². The third-order valence-electron chi connectivity index (χ3n) is 6.73. The van der Waals surface area contributed by atoms with Crippen molar-refractivity contribution >= 4 is 57.2 Å². The minimum atomic E-state index is -0.626. The van der Waals surface area contributed by atoms with Crippen LogP contribution >= 0.6 is 34.4 Å². The highest BCUT2D eigenvalue weighted by atomic mass is 32.2. The highest BCUT2D eigenvalue weighted by Gasteiger charge is 2.29. The van der Waals surface area contributed by atoms with Crippen LogP contribution in [0.4, 0.5) is 9.39 Å². The van der Waals surface area contributed by atoms with Crippen molar-refractivity contribution in [3.05, 3.63) is 74.3 Å². The number of aromatic nitrogens is 3. The van der Waals surface area contributed by atoms with Gasteiger partial charge in [-0.05, 0) is 80.8 Å². The van der Waals surface area contributed by atoms with Gasteiger partial charge in [-0.3, -0.25) is 14.2 Å². The fourth-order valence-corrected chi connectivity index (χ4v) is 7.48. The molecule has 42 heavy (non-hydrogen) atoms. The fourth-order valence-electron chi connectivity index (χ4n) is 4.67. The number of amides is 2. The Morgan fingerprint density at radius 3 is 2.64 bits per heavy atom. The number of benzene rings is 1. The molecular weight excluding hydrogens is 598 g/mol. The summed E-state index contributed by atoms with van der Waals surface area (Å²) < 4.78 is 20.8. The molecular formula is C29H30FN5O4S3. The summed E-state index contributed by atoms with van der Waals surface area (Å²) in [7, 11) is 0. The molecule has 0 radical (unpaired) electrons. The Balaban J connectivity index is 1.37. The van der Waals surface area contributed by atoms with Gasteiger partial charge in [0.1, 0.15) is 10.8 Å².